The number of hydrogen-bond donors (Lipinski definition) is 1. The number of nitriles is 1. The number of nitrogens with zero attached hydrogens (tertiary/aromatic N) is 5. The zero-order valence-corrected chi connectivity index (χ0v) is 14.1. The summed E-state index contributed by atoms with van der Waals surface area (Å²) in [7, 11) is 0. The molecule has 0 radical (unpaired) electrons. The third kappa shape index (κ3) is 3.58. The predicted molar refractivity (Wildman–Crippen MR) is 93.2 cm³/mol. The lowest BCUT2D eigenvalue weighted by Crippen LogP contribution is -2.18. The molecule has 0 bridgehead atoms. The Labute approximate surface area is 145 Å². The van der Waals surface area contributed by atoms with Crippen LogP contribution < -0.4 is 5.32 Å². The monoisotopic (exact) mass is 338 g/mol. The molecule has 0 aliphatic rings. The standard InChI is InChI=1S/C18H19FN6/c1-12(2)16(13-4-6-14(19)7-5-13)24-17-15-10-23-25(9-3-8-20)18(15)22-11-21-17/h4-7,10-12,16H,3,9H2,1-2H3,(H,21,22,24). The van der Waals surface area contributed by atoms with Crippen molar-refractivity contribution in [3.8, 4) is 6.07 Å². The zero-order chi connectivity index (χ0) is 17.8. The minimum Gasteiger partial charge on any atom is -0.362 e. The van der Waals surface area contributed by atoms with E-state index < -0.39 is 0 Å². The fourth-order valence-electron chi connectivity index (χ4n) is 2.78. The number of nitrogens with one attached hydrogen (secondary N) is 1. The van der Waals surface area contributed by atoms with Gasteiger partial charge in [0.15, 0.2) is 5.65 Å². The Balaban J connectivity index is 1.93. The molecular formula is C18H19FN6. The van der Waals surface area contributed by atoms with E-state index in [4.69, 9.17) is 5.26 Å². The highest BCUT2D eigenvalue weighted by molar-refractivity contribution is 5.86. The number of anilines is 1. The quantitative estimate of drug-likeness (QED) is 0.741. The van der Waals surface area contributed by atoms with Gasteiger partial charge < -0.3 is 5.32 Å². The van der Waals surface area contributed by atoms with Gasteiger partial charge in [-0.3, -0.25) is 0 Å². The Morgan fingerprint density at radius 3 is 2.68 bits per heavy atom. The maximum atomic E-state index is 13.2. The Morgan fingerprint density at radius 1 is 1.24 bits per heavy atom. The van der Waals surface area contributed by atoms with E-state index in [1.54, 1.807) is 23.0 Å². The van der Waals surface area contributed by atoms with Gasteiger partial charge >= 0.3 is 0 Å². The fourth-order valence-corrected chi connectivity index (χ4v) is 2.78. The Hall–Kier alpha value is -3.01. The third-order valence-corrected chi connectivity index (χ3v) is 4.06. The van der Waals surface area contributed by atoms with Gasteiger partial charge in [-0.05, 0) is 23.6 Å². The van der Waals surface area contributed by atoms with Crippen molar-refractivity contribution in [2.75, 3.05) is 5.32 Å². The number of rotatable bonds is 6. The first-order valence-electron chi connectivity index (χ1n) is 8.15. The summed E-state index contributed by atoms with van der Waals surface area (Å²) in [6.45, 7) is 4.67. The average Bonchev–Trinajstić information content (AvgIpc) is 3.02. The van der Waals surface area contributed by atoms with Crippen LogP contribution in [0, 0.1) is 23.1 Å². The smallest absolute Gasteiger partial charge is 0.163 e. The van der Waals surface area contributed by atoms with Gasteiger partial charge in [-0.25, -0.2) is 19.0 Å². The average molecular weight is 338 g/mol. The normalized spacial score (nSPS) is 12.3. The van der Waals surface area contributed by atoms with Crippen molar-refractivity contribution in [1.29, 1.82) is 5.26 Å². The Morgan fingerprint density at radius 2 is 2.00 bits per heavy atom. The summed E-state index contributed by atoms with van der Waals surface area (Å²) in [4.78, 5) is 8.63. The lowest BCUT2D eigenvalue weighted by molar-refractivity contribution is 0.543. The van der Waals surface area contributed by atoms with Gasteiger partial charge in [0.1, 0.15) is 18.0 Å². The first kappa shape index (κ1) is 16.8. The second-order valence-corrected chi connectivity index (χ2v) is 6.15. The molecule has 0 aliphatic heterocycles. The van der Waals surface area contributed by atoms with Crippen molar-refractivity contribution >= 4 is 16.9 Å². The molecular weight excluding hydrogens is 319 g/mol. The number of benzene rings is 1. The molecule has 0 amide bonds. The fraction of sp³-hybridized carbons (Fsp3) is 0.333. The van der Waals surface area contributed by atoms with Crippen LogP contribution in [-0.2, 0) is 6.54 Å². The van der Waals surface area contributed by atoms with Crippen LogP contribution in [0.15, 0.2) is 36.8 Å². The molecule has 1 atom stereocenters. The molecule has 2 heterocycles. The molecule has 0 spiro atoms. The molecule has 1 unspecified atom stereocenters. The van der Waals surface area contributed by atoms with Crippen LogP contribution in [0.25, 0.3) is 11.0 Å². The number of hydrogen-bond acceptors (Lipinski definition) is 5. The molecule has 3 aromatic rings. The largest absolute Gasteiger partial charge is 0.362 e. The van der Waals surface area contributed by atoms with Gasteiger partial charge in [0.25, 0.3) is 0 Å². The predicted octanol–water partition coefficient (Wildman–Crippen LogP) is 3.69. The summed E-state index contributed by atoms with van der Waals surface area (Å²) in [5.74, 6) is 0.690. The topological polar surface area (TPSA) is 79.4 Å². The maximum Gasteiger partial charge on any atom is 0.163 e. The lowest BCUT2D eigenvalue weighted by atomic mass is 9.96. The summed E-state index contributed by atoms with van der Waals surface area (Å²) < 4.78 is 14.9. The molecule has 128 valence electrons. The molecule has 0 saturated carbocycles. The van der Waals surface area contributed by atoms with E-state index in [1.165, 1.54) is 18.5 Å². The van der Waals surface area contributed by atoms with Crippen molar-refractivity contribution in [2.24, 2.45) is 5.92 Å². The van der Waals surface area contributed by atoms with Crippen LogP contribution in [0.3, 0.4) is 0 Å². The first-order chi connectivity index (χ1) is 12.1. The summed E-state index contributed by atoms with van der Waals surface area (Å²) in [6.07, 6.45) is 3.56. The molecule has 2 aromatic heterocycles. The summed E-state index contributed by atoms with van der Waals surface area (Å²) >= 11 is 0. The van der Waals surface area contributed by atoms with Gasteiger partial charge in [0, 0.05) is 0 Å². The van der Waals surface area contributed by atoms with E-state index in [9.17, 15) is 4.39 Å². The molecule has 1 aromatic carbocycles. The van der Waals surface area contributed by atoms with Crippen molar-refractivity contribution in [3.05, 3.63) is 48.2 Å². The second-order valence-electron chi connectivity index (χ2n) is 6.15. The van der Waals surface area contributed by atoms with E-state index in [0.717, 1.165) is 10.9 Å². The molecule has 0 aliphatic carbocycles. The molecule has 7 heteroatoms. The van der Waals surface area contributed by atoms with Crippen molar-refractivity contribution in [2.45, 2.75) is 32.9 Å². The van der Waals surface area contributed by atoms with Crippen LogP contribution in [0.4, 0.5) is 10.2 Å². The van der Waals surface area contributed by atoms with E-state index in [-0.39, 0.29) is 17.8 Å². The van der Waals surface area contributed by atoms with Crippen molar-refractivity contribution in [3.63, 3.8) is 0 Å². The third-order valence-electron chi connectivity index (χ3n) is 4.06. The zero-order valence-electron chi connectivity index (χ0n) is 14.1. The molecule has 6 nitrogen and oxygen atoms in total. The summed E-state index contributed by atoms with van der Waals surface area (Å²) in [6, 6.07) is 8.56. The van der Waals surface area contributed by atoms with Crippen LogP contribution in [0.1, 0.15) is 31.9 Å². The van der Waals surface area contributed by atoms with Gasteiger partial charge in [0.05, 0.1) is 36.7 Å². The first-order valence-corrected chi connectivity index (χ1v) is 8.15. The van der Waals surface area contributed by atoms with Crippen molar-refractivity contribution in [1.82, 2.24) is 19.7 Å². The number of aromatic nitrogens is 4. The van der Waals surface area contributed by atoms with E-state index in [2.05, 4.69) is 40.3 Å². The molecule has 25 heavy (non-hydrogen) atoms. The number of fused-ring (bicyclic) bond motifs is 1. The molecule has 0 fully saturated rings. The van der Waals surface area contributed by atoms with E-state index in [1.807, 2.05) is 0 Å². The van der Waals surface area contributed by atoms with Gasteiger partial charge in [-0.15, -0.1) is 0 Å². The van der Waals surface area contributed by atoms with Crippen LogP contribution in [0.5, 0.6) is 0 Å². The van der Waals surface area contributed by atoms with Crippen LogP contribution in [-0.4, -0.2) is 19.7 Å². The second kappa shape index (κ2) is 7.26. The summed E-state index contributed by atoms with van der Waals surface area (Å²) in [5.41, 5.74) is 1.68. The van der Waals surface area contributed by atoms with Gasteiger partial charge in [0.2, 0.25) is 0 Å². The maximum absolute atomic E-state index is 13.2. The van der Waals surface area contributed by atoms with Crippen LogP contribution in [0.2, 0.25) is 0 Å². The highest BCUT2D eigenvalue weighted by atomic mass is 19.1. The number of halogens is 1. The van der Waals surface area contributed by atoms with E-state index >= 15 is 0 Å². The highest BCUT2D eigenvalue weighted by Gasteiger charge is 2.19. The van der Waals surface area contributed by atoms with Gasteiger partial charge in [-0.2, -0.15) is 10.4 Å². The Bertz CT molecular complexity index is 894. The SMILES string of the molecule is CC(C)C(Nc1ncnc2c1cnn2CCC#N)c1ccc(F)cc1. The van der Waals surface area contributed by atoms with Crippen LogP contribution >= 0.6 is 0 Å². The van der Waals surface area contributed by atoms with Gasteiger partial charge in [-0.1, -0.05) is 26.0 Å². The molecule has 0 saturated heterocycles. The molecule has 1 N–H and O–H groups in total. The molecule has 3 rings (SSSR count). The van der Waals surface area contributed by atoms with Crippen molar-refractivity contribution < 1.29 is 4.39 Å². The van der Waals surface area contributed by atoms with E-state index in [0.29, 0.717) is 24.4 Å². The summed E-state index contributed by atoms with van der Waals surface area (Å²) in [5, 5.41) is 17.3. The number of aryl methyl sites for hydroxylation is 1. The Kier molecular flexibility index (Phi) is 4.89. The highest BCUT2D eigenvalue weighted by Crippen LogP contribution is 2.29. The minimum atomic E-state index is -0.255. The minimum absolute atomic E-state index is 0.0267. The lowest BCUT2D eigenvalue weighted by Gasteiger charge is -2.23.